The molecule has 2 amide bonds. The lowest BCUT2D eigenvalue weighted by Gasteiger charge is -2.05. The molecule has 8 heteroatoms. The van der Waals surface area contributed by atoms with Crippen molar-refractivity contribution in [3.8, 4) is 11.5 Å². The molecular weight excluding hydrogens is 334 g/mol. The Hall–Kier alpha value is -3.06. The highest BCUT2D eigenvalue weighted by molar-refractivity contribution is 6.39. The molecule has 0 aromatic heterocycles. The van der Waals surface area contributed by atoms with Crippen LogP contribution in [0.1, 0.15) is 5.56 Å². The summed E-state index contributed by atoms with van der Waals surface area (Å²) in [6.07, 6.45) is 1.36. The zero-order chi connectivity index (χ0) is 16.9. The SMILES string of the molecule is O=C(NN=Cc1ccccc1Cl)C(=O)Nc1ccc2c(c1)OCO2. The molecule has 24 heavy (non-hydrogen) atoms. The molecule has 0 fully saturated rings. The highest BCUT2D eigenvalue weighted by Gasteiger charge is 2.17. The van der Waals surface area contributed by atoms with E-state index in [1.807, 2.05) is 0 Å². The minimum absolute atomic E-state index is 0.129. The van der Waals surface area contributed by atoms with Crippen LogP contribution in [-0.4, -0.2) is 24.8 Å². The normalized spacial score (nSPS) is 12.2. The number of anilines is 1. The summed E-state index contributed by atoms with van der Waals surface area (Å²) in [6.45, 7) is 0.129. The van der Waals surface area contributed by atoms with Crippen LogP contribution >= 0.6 is 11.6 Å². The summed E-state index contributed by atoms with van der Waals surface area (Å²) >= 11 is 5.95. The summed E-state index contributed by atoms with van der Waals surface area (Å²) < 4.78 is 10.4. The average molecular weight is 346 g/mol. The molecule has 0 radical (unpaired) electrons. The van der Waals surface area contributed by atoms with Crippen LogP contribution in [0.3, 0.4) is 0 Å². The van der Waals surface area contributed by atoms with Crippen molar-refractivity contribution in [2.75, 3.05) is 12.1 Å². The van der Waals surface area contributed by atoms with Crippen molar-refractivity contribution in [1.29, 1.82) is 0 Å². The Balaban J connectivity index is 1.57. The summed E-state index contributed by atoms with van der Waals surface area (Å²) in [4.78, 5) is 23.6. The molecule has 0 spiro atoms. The highest BCUT2D eigenvalue weighted by Crippen LogP contribution is 2.34. The number of hydrogen-bond donors (Lipinski definition) is 2. The maximum absolute atomic E-state index is 11.8. The van der Waals surface area contributed by atoms with Crippen LogP contribution in [0.15, 0.2) is 47.6 Å². The smallest absolute Gasteiger partial charge is 0.329 e. The minimum Gasteiger partial charge on any atom is -0.454 e. The van der Waals surface area contributed by atoms with Gasteiger partial charge in [-0.1, -0.05) is 29.8 Å². The lowest BCUT2D eigenvalue weighted by Crippen LogP contribution is -2.32. The van der Waals surface area contributed by atoms with Crippen molar-refractivity contribution in [3.63, 3.8) is 0 Å². The summed E-state index contributed by atoms with van der Waals surface area (Å²) in [5.41, 5.74) is 3.17. The van der Waals surface area contributed by atoms with E-state index in [0.29, 0.717) is 27.8 Å². The van der Waals surface area contributed by atoms with E-state index in [4.69, 9.17) is 21.1 Å². The van der Waals surface area contributed by atoms with Crippen LogP contribution in [0, 0.1) is 0 Å². The van der Waals surface area contributed by atoms with Crippen molar-refractivity contribution >= 4 is 35.3 Å². The van der Waals surface area contributed by atoms with Gasteiger partial charge in [0.15, 0.2) is 11.5 Å². The van der Waals surface area contributed by atoms with Crippen LogP contribution in [0.25, 0.3) is 0 Å². The van der Waals surface area contributed by atoms with E-state index >= 15 is 0 Å². The first-order valence-corrected chi connectivity index (χ1v) is 7.30. The number of carbonyl (C=O) groups is 2. The Labute approximate surface area is 142 Å². The van der Waals surface area contributed by atoms with Gasteiger partial charge in [0, 0.05) is 22.3 Å². The van der Waals surface area contributed by atoms with E-state index in [9.17, 15) is 9.59 Å². The van der Waals surface area contributed by atoms with Crippen LogP contribution in [-0.2, 0) is 9.59 Å². The molecule has 3 rings (SSSR count). The summed E-state index contributed by atoms with van der Waals surface area (Å²) in [6, 6.07) is 11.8. The topological polar surface area (TPSA) is 89.0 Å². The zero-order valence-electron chi connectivity index (χ0n) is 12.3. The summed E-state index contributed by atoms with van der Waals surface area (Å²) in [7, 11) is 0. The fourth-order valence-electron chi connectivity index (χ4n) is 1.95. The van der Waals surface area contributed by atoms with Gasteiger partial charge in [-0.3, -0.25) is 9.59 Å². The molecule has 1 aliphatic heterocycles. The van der Waals surface area contributed by atoms with Gasteiger partial charge in [0.1, 0.15) is 0 Å². The van der Waals surface area contributed by atoms with Crippen LogP contribution in [0.4, 0.5) is 5.69 Å². The van der Waals surface area contributed by atoms with Gasteiger partial charge in [0.25, 0.3) is 0 Å². The van der Waals surface area contributed by atoms with Gasteiger partial charge >= 0.3 is 11.8 Å². The fraction of sp³-hybridized carbons (Fsp3) is 0.0625. The second-order valence-electron chi connectivity index (χ2n) is 4.74. The monoisotopic (exact) mass is 345 g/mol. The Bertz CT molecular complexity index is 823. The van der Waals surface area contributed by atoms with E-state index in [2.05, 4.69) is 15.8 Å². The molecule has 0 unspecified atom stereocenters. The number of fused-ring (bicyclic) bond motifs is 1. The van der Waals surface area contributed by atoms with E-state index in [1.165, 1.54) is 6.21 Å². The molecule has 1 heterocycles. The fourth-order valence-corrected chi connectivity index (χ4v) is 2.14. The Kier molecular flexibility index (Phi) is 4.62. The van der Waals surface area contributed by atoms with Crippen LogP contribution in [0.5, 0.6) is 11.5 Å². The van der Waals surface area contributed by atoms with Crippen molar-refractivity contribution < 1.29 is 19.1 Å². The molecule has 0 aliphatic carbocycles. The summed E-state index contributed by atoms with van der Waals surface area (Å²) in [5, 5.41) is 6.64. The number of hydrogen-bond acceptors (Lipinski definition) is 5. The average Bonchev–Trinajstić information content (AvgIpc) is 3.04. The molecule has 0 atom stereocenters. The maximum Gasteiger partial charge on any atom is 0.329 e. The third-order valence-electron chi connectivity index (χ3n) is 3.11. The molecule has 0 saturated carbocycles. The van der Waals surface area contributed by atoms with Crippen molar-refractivity contribution in [1.82, 2.24) is 5.43 Å². The highest BCUT2D eigenvalue weighted by atomic mass is 35.5. The minimum atomic E-state index is -0.907. The molecule has 7 nitrogen and oxygen atoms in total. The van der Waals surface area contributed by atoms with E-state index in [-0.39, 0.29) is 6.79 Å². The van der Waals surface area contributed by atoms with Gasteiger partial charge in [-0.15, -0.1) is 0 Å². The first kappa shape index (κ1) is 15.8. The van der Waals surface area contributed by atoms with E-state index in [1.54, 1.807) is 42.5 Å². The molecule has 0 bridgehead atoms. The van der Waals surface area contributed by atoms with Gasteiger partial charge in [0.2, 0.25) is 6.79 Å². The number of rotatable bonds is 3. The van der Waals surface area contributed by atoms with Gasteiger partial charge in [-0.2, -0.15) is 5.10 Å². The van der Waals surface area contributed by atoms with Crippen molar-refractivity contribution in [3.05, 3.63) is 53.1 Å². The van der Waals surface area contributed by atoms with Gasteiger partial charge in [-0.05, 0) is 18.2 Å². The second kappa shape index (κ2) is 7.01. The lowest BCUT2D eigenvalue weighted by atomic mass is 10.2. The second-order valence-corrected chi connectivity index (χ2v) is 5.15. The van der Waals surface area contributed by atoms with Crippen LogP contribution in [0.2, 0.25) is 5.02 Å². The number of hydrazone groups is 1. The first-order chi connectivity index (χ1) is 11.6. The van der Waals surface area contributed by atoms with E-state index < -0.39 is 11.8 Å². The number of carbonyl (C=O) groups excluding carboxylic acids is 2. The van der Waals surface area contributed by atoms with E-state index in [0.717, 1.165) is 0 Å². The van der Waals surface area contributed by atoms with Crippen molar-refractivity contribution in [2.45, 2.75) is 0 Å². The maximum atomic E-state index is 11.8. The standard InChI is InChI=1S/C16H12ClN3O4/c17-12-4-2-1-3-10(12)8-18-20-16(22)15(21)19-11-5-6-13-14(7-11)24-9-23-13/h1-8H,9H2,(H,19,21)(H,20,22). The number of benzene rings is 2. The Morgan fingerprint density at radius 3 is 2.71 bits per heavy atom. The third-order valence-corrected chi connectivity index (χ3v) is 3.46. The van der Waals surface area contributed by atoms with Gasteiger partial charge < -0.3 is 14.8 Å². The molecule has 0 saturated heterocycles. The quantitative estimate of drug-likeness (QED) is 0.507. The molecule has 2 N–H and O–H groups in total. The first-order valence-electron chi connectivity index (χ1n) is 6.92. The van der Waals surface area contributed by atoms with Gasteiger partial charge in [-0.25, -0.2) is 5.43 Å². The molecule has 2 aromatic carbocycles. The molecule has 1 aliphatic rings. The zero-order valence-corrected chi connectivity index (χ0v) is 13.0. The molecular formula is C16H12ClN3O4. The van der Waals surface area contributed by atoms with Crippen LogP contribution < -0.4 is 20.2 Å². The summed E-state index contributed by atoms with van der Waals surface area (Å²) in [5.74, 6) is -0.673. The predicted octanol–water partition coefficient (Wildman–Crippen LogP) is 2.16. The number of halogens is 1. The predicted molar refractivity (Wildman–Crippen MR) is 88.4 cm³/mol. The Morgan fingerprint density at radius 1 is 1.08 bits per heavy atom. The molecule has 2 aromatic rings. The number of nitrogens with zero attached hydrogens (tertiary/aromatic N) is 1. The lowest BCUT2D eigenvalue weighted by molar-refractivity contribution is -0.136. The molecule has 122 valence electrons. The van der Waals surface area contributed by atoms with Crippen molar-refractivity contribution in [2.24, 2.45) is 5.10 Å². The van der Waals surface area contributed by atoms with Gasteiger partial charge in [0.05, 0.1) is 6.21 Å². The third kappa shape index (κ3) is 3.64. The number of amides is 2. The number of nitrogens with one attached hydrogen (secondary N) is 2. The largest absolute Gasteiger partial charge is 0.454 e. The Morgan fingerprint density at radius 2 is 1.88 bits per heavy atom. The number of ether oxygens (including phenoxy) is 2.